The third kappa shape index (κ3) is 3.65. The van der Waals surface area contributed by atoms with Gasteiger partial charge in [0.15, 0.2) is 0 Å². The maximum Gasteiger partial charge on any atom is 0.0726 e. The van der Waals surface area contributed by atoms with E-state index in [0.717, 1.165) is 5.69 Å². The fourth-order valence-electron chi connectivity index (χ4n) is 9.46. The Morgan fingerprint density at radius 2 is 0.939 bits per heavy atom. The van der Waals surface area contributed by atoms with E-state index in [1.165, 1.54) is 89.3 Å². The molecule has 0 aliphatic heterocycles. The molecular weight excluding hydrogens is 591 g/mol. The molecule has 7 aromatic carbocycles. The van der Waals surface area contributed by atoms with Crippen LogP contribution < -0.4 is 4.90 Å². The third-order valence-corrected chi connectivity index (χ3v) is 11.6. The lowest BCUT2D eigenvalue weighted by molar-refractivity contribution is 0.660. The summed E-state index contributed by atoms with van der Waals surface area (Å²) in [5, 5.41) is 0. The minimum Gasteiger partial charge on any atom is -0.310 e. The number of nitrogens with zero attached hydrogens (tertiary/aromatic N) is 1. The van der Waals surface area contributed by atoms with Crippen LogP contribution in [0.1, 0.15) is 58.4 Å². The Bertz CT molecular complexity index is 2450. The molecule has 10 rings (SSSR count). The Morgan fingerprint density at radius 3 is 1.65 bits per heavy atom. The maximum atomic E-state index is 2.50. The molecule has 0 N–H and O–H groups in total. The first-order valence-corrected chi connectivity index (χ1v) is 17.4. The van der Waals surface area contributed by atoms with Gasteiger partial charge in [0.2, 0.25) is 0 Å². The zero-order valence-corrected chi connectivity index (χ0v) is 28.4. The molecule has 0 aromatic heterocycles. The lowest BCUT2D eigenvalue weighted by Crippen LogP contribution is -2.26. The molecule has 0 atom stereocenters. The fourth-order valence-corrected chi connectivity index (χ4v) is 9.46. The van der Waals surface area contributed by atoms with Crippen molar-refractivity contribution in [3.63, 3.8) is 0 Å². The van der Waals surface area contributed by atoms with Crippen molar-refractivity contribution in [3.05, 3.63) is 196 Å². The number of hydrogen-bond acceptors (Lipinski definition) is 1. The molecule has 0 radical (unpaired) electrons. The first-order valence-electron chi connectivity index (χ1n) is 17.4. The Hall–Kier alpha value is -5.66. The van der Waals surface area contributed by atoms with Gasteiger partial charge in [0.25, 0.3) is 0 Å². The van der Waals surface area contributed by atoms with Crippen LogP contribution in [0.15, 0.2) is 152 Å². The molecule has 1 nitrogen and oxygen atoms in total. The molecule has 3 aliphatic rings. The van der Waals surface area contributed by atoms with E-state index in [0.29, 0.717) is 0 Å². The summed E-state index contributed by atoms with van der Waals surface area (Å²) in [5.74, 6) is 0. The van der Waals surface area contributed by atoms with Gasteiger partial charge in [-0.3, -0.25) is 0 Å². The quantitative estimate of drug-likeness (QED) is 0.188. The van der Waals surface area contributed by atoms with Gasteiger partial charge in [0, 0.05) is 22.4 Å². The Morgan fingerprint density at radius 1 is 0.388 bits per heavy atom. The van der Waals surface area contributed by atoms with Gasteiger partial charge in [-0.05, 0) is 105 Å². The average molecular weight is 628 g/mol. The van der Waals surface area contributed by atoms with Crippen molar-refractivity contribution in [2.24, 2.45) is 0 Å². The molecule has 1 heteroatoms. The summed E-state index contributed by atoms with van der Waals surface area (Å²) in [6.07, 6.45) is 0. The highest BCUT2D eigenvalue weighted by Gasteiger charge is 2.52. The van der Waals surface area contributed by atoms with E-state index in [1.54, 1.807) is 0 Å². The van der Waals surface area contributed by atoms with Crippen LogP contribution in [0.5, 0.6) is 0 Å². The van der Waals surface area contributed by atoms with Gasteiger partial charge in [0.05, 0.1) is 11.1 Å². The van der Waals surface area contributed by atoms with Crippen molar-refractivity contribution in [2.75, 3.05) is 4.90 Å². The van der Waals surface area contributed by atoms with E-state index in [4.69, 9.17) is 0 Å². The van der Waals surface area contributed by atoms with E-state index < -0.39 is 5.41 Å². The Kier molecular flexibility index (Phi) is 5.75. The molecule has 0 saturated heterocycles. The second-order valence-electron chi connectivity index (χ2n) is 14.7. The molecule has 0 saturated carbocycles. The topological polar surface area (TPSA) is 3.24 Å². The van der Waals surface area contributed by atoms with Crippen LogP contribution in [0.25, 0.3) is 33.4 Å². The number of rotatable bonds is 3. The van der Waals surface area contributed by atoms with Crippen molar-refractivity contribution in [1.82, 2.24) is 0 Å². The van der Waals surface area contributed by atoms with E-state index in [-0.39, 0.29) is 5.41 Å². The summed E-state index contributed by atoms with van der Waals surface area (Å²) < 4.78 is 0. The maximum absolute atomic E-state index is 2.50. The predicted molar refractivity (Wildman–Crippen MR) is 204 cm³/mol. The summed E-state index contributed by atoms with van der Waals surface area (Å²) in [5.41, 5.74) is 21.9. The molecule has 1 spiro atoms. The third-order valence-electron chi connectivity index (χ3n) is 11.6. The summed E-state index contributed by atoms with van der Waals surface area (Å²) in [6, 6.07) is 57.2. The minimum atomic E-state index is -0.394. The molecule has 0 amide bonds. The number of para-hydroxylation sites is 1. The fraction of sp³-hybridized carbons (Fsp3) is 0.125. The van der Waals surface area contributed by atoms with Crippen molar-refractivity contribution in [2.45, 2.75) is 38.5 Å². The molecule has 0 fully saturated rings. The number of hydrogen-bond donors (Lipinski definition) is 0. The number of anilines is 3. The van der Waals surface area contributed by atoms with Crippen LogP contribution in [-0.4, -0.2) is 0 Å². The summed E-state index contributed by atoms with van der Waals surface area (Å²) in [6.45, 7) is 9.19. The standard InChI is InChI=1S/C48H37N/c1-30-21-24-36-37-25-22-31(2)28-44(37)48(43(36)27-30)40-18-11-9-16-38(40)46-41(48)19-12-20-45(46)49(32-13-6-5-7-14-32)33-23-26-35-34-15-8-10-17-39(34)47(3,4)42(35)29-33/h5-29H,1-4H3. The molecular formula is C48H37N. The largest absolute Gasteiger partial charge is 0.310 e. The highest BCUT2D eigenvalue weighted by molar-refractivity contribution is 6.01. The monoisotopic (exact) mass is 627 g/mol. The van der Waals surface area contributed by atoms with Crippen molar-refractivity contribution in [3.8, 4) is 33.4 Å². The summed E-state index contributed by atoms with van der Waals surface area (Å²) in [7, 11) is 0. The van der Waals surface area contributed by atoms with Crippen LogP contribution in [0.4, 0.5) is 17.1 Å². The smallest absolute Gasteiger partial charge is 0.0726 e. The molecule has 3 aliphatic carbocycles. The van der Waals surface area contributed by atoms with E-state index in [1.807, 2.05) is 0 Å². The van der Waals surface area contributed by atoms with Crippen molar-refractivity contribution >= 4 is 17.1 Å². The van der Waals surface area contributed by atoms with Gasteiger partial charge in [-0.2, -0.15) is 0 Å². The van der Waals surface area contributed by atoms with Crippen LogP contribution >= 0.6 is 0 Å². The average Bonchev–Trinajstić information content (AvgIpc) is 3.67. The normalized spacial score (nSPS) is 14.9. The predicted octanol–water partition coefficient (Wildman–Crippen LogP) is 12.4. The highest BCUT2D eigenvalue weighted by atomic mass is 15.1. The first kappa shape index (κ1) is 28.4. The van der Waals surface area contributed by atoms with Crippen LogP contribution in [0, 0.1) is 13.8 Å². The molecule has 0 unspecified atom stereocenters. The highest BCUT2D eigenvalue weighted by Crippen LogP contribution is 2.65. The van der Waals surface area contributed by atoms with Gasteiger partial charge in [-0.25, -0.2) is 0 Å². The second-order valence-corrected chi connectivity index (χ2v) is 14.7. The Labute approximate surface area is 289 Å². The van der Waals surface area contributed by atoms with Crippen LogP contribution in [-0.2, 0) is 10.8 Å². The second kappa shape index (κ2) is 9.94. The van der Waals surface area contributed by atoms with Gasteiger partial charge < -0.3 is 4.90 Å². The number of benzene rings is 7. The molecule has 7 aromatic rings. The molecule has 0 heterocycles. The van der Waals surface area contributed by atoms with Gasteiger partial charge in [-0.15, -0.1) is 0 Å². The van der Waals surface area contributed by atoms with E-state index in [9.17, 15) is 0 Å². The van der Waals surface area contributed by atoms with Gasteiger partial charge >= 0.3 is 0 Å². The molecule has 234 valence electrons. The lowest BCUT2D eigenvalue weighted by atomic mass is 9.70. The lowest BCUT2D eigenvalue weighted by Gasteiger charge is -2.32. The summed E-state index contributed by atoms with van der Waals surface area (Å²) in [4.78, 5) is 2.50. The zero-order valence-electron chi connectivity index (χ0n) is 28.4. The van der Waals surface area contributed by atoms with Crippen molar-refractivity contribution in [1.29, 1.82) is 0 Å². The molecule has 49 heavy (non-hydrogen) atoms. The molecule has 0 bridgehead atoms. The van der Waals surface area contributed by atoms with Crippen LogP contribution in [0.3, 0.4) is 0 Å². The van der Waals surface area contributed by atoms with E-state index in [2.05, 4.69) is 184 Å². The zero-order chi connectivity index (χ0) is 33.1. The number of aryl methyl sites for hydroxylation is 2. The Balaban J connectivity index is 1.28. The van der Waals surface area contributed by atoms with Gasteiger partial charge in [0.1, 0.15) is 0 Å². The van der Waals surface area contributed by atoms with Crippen LogP contribution in [0.2, 0.25) is 0 Å². The number of fused-ring (bicyclic) bond motifs is 13. The SMILES string of the molecule is Cc1ccc2c(c1)C1(c3cc(C)ccc3-2)c2ccccc2-c2c(N(c3ccccc3)c3ccc4c(c3)C(C)(C)c3ccccc3-4)cccc21. The van der Waals surface area contributed by atoms with Crippen molar-refractivity contribution < 1.29 is 0 Å². The summed E-state index contributed by atoms with van der Waals surface area (Å²) >= 11 is 0. The first-order chi connectivity index (χ1) is 23.9. The minimum absolute atomic E-state index is 0.0907. The van der Waals surface area contributed by atoms with Gasteiger partial charge in [-0.1, -0.05) is 146 Å². The van der Waals surface area contributed by atoms with E-state index >= 15 is 0 Å².